The fourth-order valence-corrected chi connectivity index (χ4v) is 1.70. The number of rotatable bonds is 6. The minimum atomic E-state index is -4.14. The molecule has 116 valence electrons. The third-order valence-electron chi connectivity index (χ3n) is 2.69. The summed E-state index contributed by atoms with van der Waals surface area (Å²) in [6.45, 7) is 0. The molecule has 0 saturated carbocycles. The molecule has 1 aromatic carbocycles. The lowest BCUT2D eigenvalue weighted by Gasteiger charge is -2.20. The van der Waals surface area contributed by atoms with E-state index in [1.165, 1.54) is 18.2 Å². The fraction of sp³-hybridized carbons (Fsp3) is 0.333. The van der Waals surface area contributed by atoms with Gasteiger partial charge in [-0.05, 0) is 12.5 Å². The molecule has 0 aliphatic heterocycles. The highest BCUT2D eigenvalue weighted by Crippen LogP contribution is 2.29. The summed E-state index contributed by atoms with van der Waals surface area (Å²) in [4.78, 5) is 23.6. The van der Waals surface area contributed by atoms with Crippen LogP contribution in [0.3, 0.4) is 0 Å². The van der Waals surface area contributed by atoms with Crippen LogP contribution in [-0.4, -0.2) is 23.1 Å². The fourth-order valence-electron chi connectivity index (χ4n) is 1.70. The van der Waals surface area contributed by atoms with Gasteiger partial charge in [-0.1, -0.05) is 18.2 Å². The number of carbonyl (C=O) groups excluding carboxylic acids is 1. The second-order valence-electron chi connectivity index (χ2n) is 4.13. The first-order chi connectivity index (χ1) is 9.77. The molecular weight excluding hydrogens is 298 g/mol. The minimum absolute atomic E-state index is 0.163. The van der Waals surface area contributed by atoms with Gasteiger partial charge in [-0.15, -0.1) is 0 Å². The number of hydrogen-bond donors (Lipinski definition) is 2. The Hall–Kier alpha value is -2.32. The van der Waals surface area contributed by atoms with Gasteiger partial charge in [0.25, 0.3) is 0 Å². The first-order valence-electron chi connectivity index (χ1n) is 5.72. The van der Waals surface area contributed by atoms with Crippen LogP contribution >= 0.6 is 0 Å². The molecule has 2 N–H and O–H groups in total. The van der Waals surface area contributed by atoms with Crippen LogP contribution < -0.4 is 5.32 Å². The average Bonchev–Trinajstić information content (AvgIpc) is 2.43. The number of benzene rings is 1. The lowest BCUT2D eigenvalue weighted by atomic mass is 9.99. The number of carboxylic acid groups (broad SMARTS) is 1. The van der Waals surface area contributed by atoms with E-state index in [2.05, 4.69) is 4.94 Å². The Labute approximate surface area is 116 Å². The van der Waals surface area contributed by atoms with Gasteiger partial charge in [0.1, 0.15) is 5.82 Å². The Balaban J connectivity index is 2.88. The van der Waals surface area contributed by atoms with Gasteiger partial charge in [0.2, 0.25) is 0 Å². The second kappa shape index (κ2) is 6.91. The molecular formula is C12H11F4NO4. The SMILES string of the molecule is O=C(O)NC(CCC(F)(F)C(=O)OF)c1ccccc1F. The maximum atomic E-state index is 13.6. The van der Waals surface area contributed by atoms with E-state index in [-0.39, 0.29) is 5.56 Å². The highest BCUT2D eigenvalue weighted by atomic mass is 19.3. The molecule has 0 aliphatic rings. The molecule has 1 amide bonds. The molecule has 5 nitrogen and oxygen atoms in total. The van der Waals surface area contributed by atoms with Crippen LogP contribution in [0.4, 0.5) is 22.5 Å². The summed E-state index contributed by atoms with van der Waals surface area (Å²) in [5.41, 5.74) is -0.163. The van der Waals surface area contributed by atoms with Crippen LogP contribution in [0.5, 0.6) is 0 Å². The highest BCUT2D eigenvalue weighted by Gasteiger charge is 2.42. The van der Waals surface area contributed by atoms with Gasteiger partial charge in [-0.3, -0.25) is 0 Å². The lowest BCUT2D eigenvalue weighted by Crippen LogP contribution is -2.33. The van der Waals surface area contributed by atoms with Crippen molar-refractivity contribution in [2.45, 2.75) is 24.8 Å². The van der Waals surface area contributed by atoms with Crippen LogP contribution in [0.25, 0.3) is 0 Å². The van der Waals surface area contributed by atoms with Gasteiger partial charge in [-0.25, -0.2) is 18.9 Å². The van der Waals surface area contributed by atoms with Crippen LogP contribution in [-0.2, 0) is 9.74 Å². The van der Waals surface area contributed by atoms with E-state index in [1.807, 2.05) is 5.32 Å². The molecule has 0 spiro atoms. The van der Waals surface area contributed by atoms with Crippen LogP contribution in [0.15, 0.2) is 24.3 Å². The number of nitrogens with one attached hydrogen (secondary N) is 1. The first-order valence-corrected chi connectivity index (χ1v) is 5.72. The van der Waals surface area contributed by atoms with Crippen molar-refractivity contribution in [3.63, 3.8) is 0 Å². The number of halogens is 4. The third kappa shape index (κ3) is 4.62. The van der Waals surface area contributed by atoms with E-state index >= 15 is 0 Å². The van der Waals surface area contributed by atoms with E-state index in [0.717, 1.165) is 6.07 Å². The maximum Gasteiger partial charge on any atom is 0.417 e. The molecule has 9 heteroatoms. The quantitative estimate of drug-likeness (QED) is 0.792. The number of hydrogen-bond acceptors (Lipinski definition) is 3. The van der Waals surface area contributed by atoms with E-state index in [9.17, 15) is 27.3 Å². The van der Waals surface area contributed by atoms with E-state index in [1.54, 1.807) is 0 Å². The van der Waals surface area contributed by atoms with Crippen LogP contribution in [0.2, 0.25) is 0 Å². The standard InChI is InChI=1S/C12H11F4NO4/c13-8-4-2-1-3-7(8)9(17-11(19)20)5-6-12(14,15)10(18)21-16/h1-4,9,17H,5-6H2,(H,19,20). The van der Waals surface area contributed by atoms with Gasteiger partial charge >= 0.3 is 18.0 Å². The summed E-state index contributed by atoms with van der Waals surface area (Å²) in [7, 11) is 0. The monoisotopic (exact) mass is 309 g/mol. The molecule has 1 unspecified atom stereocenters. The molecule has 0 aromatic heterocycles. The smallest absolute Gasteiger partial charge is 0.417 e. The highest BCUT2D eigenvalue weighted by molar-refractivity contribution is 5.76. The molecule has 0 bridgehead atoms. The van der Waals surface area contributed by atoms with Crippen LogP contribution in [0.1, 0.15) is 24.4 Å². The second-order valence-corrected chi connectivity index (χ2v) is 4.13. The molecule has 1 aromatic rings. The minimum Gasteiger partial charge on any atom is -0.465 e. The van der Waals surface area contributed by atoms with Gasteiger partial charge in [-0.2, -0.15) is 8.78 Å². The summed E-state index contributed by atoms with van der Waals surface area (Å²) in [5, 5.41) is 10.5. The zero-order chi connectivity index (χ0) is 16.0. The molecule has 0 radical (unpaired) electrons. The van der Waals surface area contributed by atoms with Crippen molar-refractivity contribution in [1.82, 2.24) is 5.32 Å². The normalized spacial score (nSPS) is 12.6. The van der Waals surface area contributed by atoms with E-state index in [0.29, 0.717) is 0 Å². The third-order valence-corrected chi connectivity index (χ3v) is 2.69. The van der Waals surface area contributed by atoms with Gasteiger partial charge in [0.15, 0.2) is 0 Å². The Kier molecular flexibility index (Phi) is 5.51. The zero-order valence-corrected chi connectivity index (χ0v) is 10.5. The van der Waals surface area contributed by atoms with Gasteiger partial charge in [0.05, 0.1) is 6.04 Å². The number of carbonyl (C=O) groups is 2. The molecule has 0 saturated heterocycles. The molecule has 1 rings (SSSR count). The Morgan fingerprint density at radius 1 is 1.33 bits per heavy atom. The summed E-state index contributed by atoms with van der Waals surface area (Å²) < 4.78 is 51.4. The maximum absolute atomic E-state index is 13.6. The number of amides is 1. The zero-order valence-electron chi connectivity index (χ0n) is 10.5. The van der Waals surface area contributed by atoms with E-state index in [4.69, 9.17) is 5.11 Å². The lowest BCUT2D eigenvalue weighted by molar-refractivity contribution is -0.212. The van der Waals surface area contributed by atoms with Crippen molar-refractivity contribution < 1.29 is 37.3 Å². The molecule has 1 atom stereocenters. The summed E-state index contributed by atoms with van der Waals surface area (Å²) in [6.07, 6.45) is -3.40. The summed E-state index contributed by atoms with van der Waals surface area (Å²) >= 11 is 0. The Bertz CT molecular complexity index is 524. The van der Waals surface area contributed by atoms with Gasteiger partial charge < -0.3 is 10.4 Å². The summed E-state index contributed by atoms with van der Waals surface area (Å²) in [5.74, 6) is -7.32. The number of alkyl halides is 2. The topological polar surface area (TPSA) is 75.6 Å². The molecule has 21 heavy (non-hydrogen) atoms. The van der Waals surface area contributed by atoms with Crippen molar-refractivity contribution in [2.24, 2.45) is 0 Å². The average molecular weight is 309 g/mol. The predicted molar refractivity (Wildman–Crippen MR) is 61.7 cm³/mol. The largest absolute Gasteiger partial charge is 0.465 e. The molecule has 0 heterocycles. The Morgan fingerprint density at radius 3 is 2.48 bits per heavy atom. The van der Waals surface area contributed by atoms with Crippen molar-refractivity contribution in [2.75, 3.05) is 0 Å². The molecule has 0 aliphatic carbocycles. The van der Waals surface area contributed by atoms with Crippen molar-refractivity contribution in [3.8, 4) is 0 Å². The van der Waals surface area contributed by atoms with Crippen molar-refractivity contribution >= 4 is 12.1 Å². The van der Waals surface area contributed by atoms with Crippen LogP contribution in [0, 0.1) is 5.82 Å². The van der Waals surface area contributed by atoms with Gasteiger partial charge in [0, 0.05) is 16.5 Å². The first kappa shape index (κ1) is 16.7. The van der Waals surface area contributed by atoms with Crippen molar-refractivity contribution in [1.29, 1.82) is 0 Å². The van der Waals surface area contributed by atoms with Crippen molar-refractivity contribution in [3.05, 3.63) is 35.6 Å². The van der Waals surface area contributed by atoms with E-state index < -0.39 is 42.7 Å². The molecule has 0 fully saturated rings. The predicted octanol–water partition coefficient (Wildman–Crippen LogP) is 2.98. The summed E-state index contributed by atoms with van der Waals surface area (Å²) in [6, 6.07) is 3.65. The Morgan fingerprint density at radius 2 is 1.95 bits per heavy atom.